The van der Waals surface area contributed by atoms with Crippen molar-refractivity contribution in [1.82, 2.24) is 9.55 Å². The zero-order chi connectivity index (χ0) is 11.7. The Balaban J connectivity index is 1.82. The van der Waals surface area contributed by atoms with E-state index in [9.17, 15) is 4.79 Å². The molecule has 1 aliphatic rings. The van der Waals surface area contributed by atoms with Crippen molar-refractivity contribution in [3.05, 3.63) is 30.6 Å². The number of imidazole rings is 1. The molecule has 1 fully saturated rings. The molecular formula is C13H14N2O2. The van der Waals surface area contributed by atoms with Gasteiger partial charge in [0.15, 0.2) is 5.78 Å². The van der Waals surface area contributed by atoms with Gasteiger partial charge < -0.3 is 9.30 Å². The first-order chi connectivity index (χ1) is 8.34. The molecule has 0 N–H and O–H groups in total. The van der Waals surface area contributed by atoms with Crippen molar-refractivity contribution in [2.45, 2.75) is 13.0 Å². The first-order valence-corrected chi connectivity index (χ1v) is 5.85. The van der Waals surface area contributed by atoms with E-state index < -0.39 is 0 Å². The molecule has 1 saturated heterocycles. The topological polar surface area (TPSA) is 44.1 Å². The zero-order valence-electron chi connectivity index (χ0n) is 9.50. The number of carbonyl (C=O) groups excluding carboxylic acids is 1. The summed E-state index contributed by atoms with van der Waals surface area (Å²) < 4.78 is 7.15. The summed E-state index contributed by atoms with van der Waals surface area (Å²) in [6, 6.07) is 7.85. The van der Waals surface area contributed by atoms with Gasteiger partial charge in [-0.15, -0.1) is 0 Å². The van der Waals surface area contributed by atoms with Gasteiger partial charge in [-0.1, -0.05) is 12.1 Å². The third kappa shape index (κ3) is 1.96. The van der Waals surface area contributed by atoms with Crippen molar-refractivity contribution in [3.8, 4) is 0 Å². The molecule has 4 heteroatoms. The van der Waals surface area contributed by atoms with Crippen molar-refractivity contribution in [2.24, 2.45) is 5.92 Å². The lowest BCUT2D eigenvalue weighted by Crippen LogP contribution is -2.19. The number of aromatic nitrogens is 2. The van der Waals surface area contributed by atoms with E-state index in [4.69, 9.17) is 4.74 Å². The van der Waals surface area contributed by atoms with Crippen LogP contribution in [-0.4, -0.2) is 28.5 Å². The Bertz CT molecular complexity index is 541. The van der Waals surface area contributed by atoms with Crippen molar-refractivity contribution >= 4 is 16.8 Å². The molecule has 0 amide bonds. The number of hydrogen-bond donors (Lipinski definition) is 0. The van der Waals surface area contributed by atoms with Gasteiger partial charge >= 0.3 is 0 Å². The fourth-order valence-electron chi connectivity index (χ4n) is 2.22. The number of fused-ring (bicyclic) bond motifs is 1. The molecule has 17 heavy (non-hydrogen) atoms. The molecule has 3 rings (SSSR count). The largest absolute Gasteiger partial charge is 0.381 e. The number of para-hydroxylation sites is 2. The van der Waals surface area contributed by atoms with Gasteiger partial charge in [0.05, 0.1) is 30.5 Å². The standard InChI is InChI=1S/C13H14N2O2/c16-13(10-5-6-17-8-10)7-15-9-14-11-3-1-2-4-12(11)15/h1-4,9-10H,5-8H2. The van der Waals surface area contributed by atoms with Crippen molar-refractivity contribution in [3.63, 3.8) is 0 Å². The summed E-state index contributed by atoms with van der Waals surface area (Å²) in [6.45, 7) is 1.68. The van der Waals surface area contributed by atoms with E-state index in [2.05, 4.69) is 4.98 Å². The first-order valence-electron chi connectivity index (χ1n) is 5.85. The molecule has 1 aromatic heterocycles. The van der Waals surface area contributed by atoms with E-state index in [1.54, 1.807) is 6.33 Å². The third-order valence-electron chi connectivity index (χ3n) is 3.24. The second-order valence-electron chi connectivity index (χ2n) is 4.39. The number of Topliss-reactive ketones (excluding diaryl/α,β-unsaturated/α-hetero) is 1. The Morgan fingerprint density at radius 2 is 2.35 bits per heavy atom. The van der Waals surface area contributed by atoms with Crippen LogP contribution < -0.4 is 0 Å². The average Bonchev–Trinajstić information content (AvgIpc) is 2.98. The molecule has 1 unspecified atom stereocenters. The summed E-state index contributed by atoms with van der Waals surface area (Å²) in [5.74, 6) is 0.307. The van der Waals surface area contributed by atoms with Gasteiger partial charge in [0.25, 0.3) is 0 Å². The van der Waals surface area contributed by atoms with Crippen LogP contribution >= 0.6 is 0 Å². The lowest BCUT2D eigenvalue weighted by molar-refractivity contribution is -0.123. The molecule has 0 spiro atoms. The number of ether oxygens (including phenoxy) is 1. The number of ketones is 1. The Kier molecular flexibility index (Phi) is 2.65. The van der Waals surface area contributed by atoms with E-state index in [1.807, 2.05) is 28.8 Å². The second-order valence-corrected chi connectivity index (χ2v) is 4.39. The molecular weight excluding hydrogens is 216 g/mol. The SMILES string of the molecule is O=C(Cn1cnc2ccccc21)C1CCOC1. The van der Waals surface area contributed by atoms with E-state index in [0.717, 1.165) is 17.5 Å². The minimum atomic E-state index is 0.0659. The molecule has 0 bridgehead atoms. The van der Waals surface area contributed by atoms with Gasteiger partial charge in [0.2, 0.25) is 0 Å². The Morgan fingerprint density at radius 3 is 3.18 bits per heavy atom. The summed E-state index contributed by atoms with van der Waals surface area (Å²) >= 11 is 0. The number of benzene rings is 1. The maximum absolute atomic E-state index is 12.0. The quantitative estimate of drug-likeness (QED) is 0.805. The lowest BCUT2D eigenvalue weighted by atomic mass is 10.0. The van der Waals surface area contributed by atoms with Gasteiger partial charge in [-0.05, 0) is 18.6 Å². The first kappa shape index (κ1) is 10.5. The summed E-state index contributed by atoms with van der Waals surface area (Å²) in [4.78, 5) is 16.3. The summed E-state index contributed by atoms with van der Waals surface area (Å²) in [5, 5.41) is 0. The smallest absolute Gasteiger partial charge is 0.158 e. The highest BCUT2D eigenvalue weighted by molar-refractivity contribution is 5.83. The minimum Gasteiger partial charge on any atom is -0.381 e. The Hall–Kier alpha value is -1.68. The third-order valence-corrected chi connectivity index (χ3v) is 3.24. The minimum absolute atomic E-state index is 0.0659. The maximum atomic E-state index is 12.0. The van der Waals surface area contributed by atoms with E-state index in [-0.39, 0.29) is 11.7 Å². The molecule has 0 radical (unpaired) electrons. The highest BCUT2D eigenvalue weighted by atomic mass is 16.5. The van der Waals surface area contributed by atoms with Crippen LogP contribution in [-0.2, 0) is 16.1 Å². The van der Waals surface area contributed by atoms with Crippen LogP contribution in [0, 0.1) is 5.92 Å². The molecule has 1 aliphatic heterocycles. The monoisotopic (exact) mass is 230 g/mol. The van der Waals surface area contributed by atoms with Crippen molar-refractivity contribution in [2.75, 3.05) is 13.2 Å². The molecule has 4 nitrogen and oxygen atoms in total. The zero-order valence-corrected chi connectivity index (χ0v) is 9.50. The molecule has 2 heterocycles. The molecule has 88 valence electrons. The van der Waals surface area contributed by atoms with Gasteiger partial charge in [-0.3, -0.25) is 4.79 Å². The number of hydrogen-bond acceptors (Lipinski definition) is 3. The maximum Gasteiger partial charge on any atom is 0.158 e. The molecule has 1 atom stereocenters. The van der Waals surface area contributed by atoms with Crippen LogP contribution in [0.1, 0.15) is 6.42 Å². The summed E-state index contributed by atoms with van der Waals surface area (Å²) in [6.07, 6.45) is 2.59. The van der Waals surface area contributed by atoms with Crippen LogP contribution in [0.25, 0.3) is 11.0 Å². The van der Waals surface area contributed by atoms with E-state index in [0.29, 0.717) is 19.8 Å². The highest BCUT2D eigenvalue weighted by Gasteiger charge is 2.23. The summed E-state index contributed by atoms with van der Waals surface area (Å²) in [7, 11) is 0. The van der Waals surface area contributed by atoms with Crippen molar-refractivity contribution in [1.29, 1.82) is 0 Å². The number of carbonyl (C=O) groups is 1. The Morgan fingerprint density at radius 1 is 1.47 bits per heavy atom. The van der Waals surface area contributed by atoms with Crippen LogP contribution in [0.5, 0.6) is 0 Å². The van der Waals surface area contributed by atoms with Gasteiger partial charge in [-0.2, -0.15) is 0 Å². The van der Waals surface area contributed by atoms with Crippen LogP contribution in [0.3, 0.4) is 0 Å². The van der Waals surface area contributed by atoms with E-state index in [1.165, 1.54) is 0 Å². The Labute approximate surface area is 99.2 Å². The fraction of sp³-hybridized carbons (Fsp3) is 0.385. The van der Waals surface area contributed by atoms with Crippen LogP contribution in [0.15, 0.2) is 30.6 Å². The van der Waals surface area contributed by atoms with Gasteiger partial charge in [-0.25, -0.2) is 4.98 Å². The average molecular weight is 230 g/mol. The van der Waals surface area contributed by atoms with Gasteiger partial charge in [0, 0.05) is 12.5 Å². The molecule has 1 aromatic carbocycles. The predicted octanol–water partition coefficient (Wildman–Crippen LogP) is 1.64. The molecule has 2 aromatic rings. The normalized spacial score (nSPS) is 19.9. The number of rotatable bonds is 3. The molecule has 0 saturated carbocycles. The van der Waals surface area contributed by atoms with Crippen molar-refractivity contribution < 1.29 is 9.53 Å². The molecule has 0 aliphatic carbocycles. The predicted molar refractivity (Wildman–Crippen MR) is 63.7 cm³/mol. The second kappa shape index (κ2) is 4.30. The van der Waals surface area contributed by atoms with E-state index >= 15 is 0 Å². The summed E-state index contributed by atoms with van der Waals surface area (Å²) in [5.41, 5.74) is 1.95. The van der Waals surface area contributed by atoms with Gasteiger partial charge in [0.1, 0.15) is 0 Å². The van der Waals surface area contributed by atoms with Crippen LogP contribution in [0.4, 0.5) is 0 Å². The number of nitrogens with zero attached hydrogens (tertiary/aromatic N) is 2. The highest BCUT2D eigenvalue weighted by Crippen LogP contribution is 2.17. The van der Waals surface area contributed by atoms with Crippen LogP contribution in [0.2, 0.25) is 0 Å². The lowest BCUT2D eigenvalue weighted by Gasteiger charge is -2.07. The fourth-order valence-corrected chi connectivity index (χ4v) is 2.22.